The molecule has 0 aliphatic carbocycles. The van der Waals surface area contributed by atoms with Crippen LogP contribution in [0.3, 0.4) is 0 Å². The summed E-state index contributed by atoms with van der Waals surface area (Å²) in [6, 6.07) is 10.7. The molecule has 0 bridgehead atoms. The second-order valence-corrected chi connectivity index (χ2v) is 5.00. The van der Waals surface area contributed by atoms with Crippen molar-refractivity contribution in [2.45, 2.75) is 25.3 Å². The van der Waals surface area contributed by atoms with Gasteiger partial charge in [-0.1, -0.05) is 30.3 Å². The van der Waals surface area contributed by atoms with Crippen LogP contribution in [-0.4, -0.2) is 38.1 Å². The van der Waals surface area contributed by atoms with E-state index in [1.54, 1.807) is 0 Å². The highest BCUT2D eigenvalue weighted by molar-refractivity contribution is 5.76. The number of carbonyl (C=O) groups is 1. The van der Waals surface area contributed by atoms with E-state index in [0.29, 0.717) is 6.42 Å². The largest absolute Gasteiger partial charge is 0.356 e. The van der Waals surface area contributed by atoms with Crippen LogP contribution in [0.15, 0.2) is 30.3 Å². The van der Waals surface area contributed by atoms with E-state index in [0.717, 1.165) is 39.0 Å². The molecule has 1 atom stereocenters. The van der Waals surface area contributed by atoms with E-state index in [4.69, 9.17) is 0 Å². The molecule has 0 aromatic heterocycles. The molecule has 2 rings (SSSR count). The standard InChI is InChI=1S/C15H23N3O/c19-15(11-14-12-16-9-10-17-14)18-8-4-7-13-5-2-1-3-6-13/h1-3,5-6,14,16-17H,4,7-12H2,(H,18,19). The molecule has 1 aromatic rings. The average molecular weight is 261 g/mol. The van der Waals surface area contributed by atoms with Crippen LogP contribution in [0.2, 0.25) is 0 Å². The van der Waals surface area contributed by atoms with Gasteiger partial charge in [0, 0.05) is 38.6 Å². The minimum Gasteiger partial charge on any atom is -0.356 e. The molecule has 1 aromatic carbocycles. The van der Waals surface area contributed by atoms with Gasteiger partial charge in [-0.3, -0.25) is 4.79 Å². The van der Waals surface area contributed by atoms with Crippen LogP contribution in [0.5, 0.6) is 0 Å². The molecule has 1 aliphatic rings. The van der Waals surface area contributed by atoms with Gasteiger partial charge < -0.3 is 16.0 Å². The van der Waals surface area contributed by atoms with Gasteiger partial charge in [0.25, 0.3) is 0 Å². The second kappa shape index (κ2) is 7.92. The number of nitrogens with one attached hydrogen (secondary N) is 3. The molecule has 1 fully saturated rings. The fourth-order valence-corrected chi connectivity index (χ4v) is 2.32. The first kappa shape index (κ1) is 14.0. The first-order chi connectivity index (χ1) is 9.34. The number of hydrogen-bond acceptors (Lipinski definition) is 3. The Hall–Kier alpha value is -1.39. The molecule has 1 amide bonds. The molecular formula is C15H23N3O. The van der Waals surface area contributed by atoms with Crippen LogP contribution in [0.4, 0.5) is 0 Å². The molecule has 19 heavy (non-hydrogen) atoms. The van der Waals surface area contributed by atoms with Gasteiger partial charge >= 0.3 is 0 Å². The Balaban J connectivity index is 1.56. The molecule has 1 heterocycles. The summed E-state index contributed by atoms with van der Waals surface area (Å²) in [5.74, 6) is 0.147. The third-order valence-electron chi connectivity index (χ3n) is 3.36. The summed E-state index contributed by atoms with van der Waals surface area (Å²) >= 11 is 0. The van der Waals surface area contributed by atoms with Gasteiger partial charge in [0.15, 0.2) is 0 Å². The first-order valence-electron chi connectivity index (χ1n) is 7.09. The molecule has 1 saturated heterocycles. The number of piperazine rings is 1. The van der Waals surface area contributed by atoms with E-state index in [1.165, 1.54) is 5.56 Å². The summed E-state index contributed by atoms with van der Waals surface area (Å²) in [5.41, 5.74) is 1.33. The van der Waals surface area contributed by atoms with Crippen LogP contribution in [0.1, 0.15) is 18.4 Å². The minimum absolute atomic E-state index is 0.147. The monoisotopic (exact) mass is 261 g/mol. The van der Waals surface area contributed by atoms with Crippen molar-refractivity contribution in [3.05, 3.63) is 35.9 Å². The number of hydrogen-bond donors (Lipinski definition) is 3. The molecule has 0 spiro atoms. The number of aryl methyl sites for hydroxylation is 1. The summed E-state index contributed by atoms with van der Waals surface area (Å²) in [6.07, 6.45) is 2.58. The highest BCUT2D eigenvalue weighted by Gasteiger charge is 2.15. The topological polar surface area (TPSA) is 53.2 Å². The third kappa shape index (κ3) is 5.41. The molecule has 4 heteroatoms. The summed E-state index contributed by atoms with van der Waals surface area (Å²) in [5, 5.41) is 9.62. The van der Waals surface area contributed by atoms with Crippen molar-refractivity contribution in [1.29, 1.82) is 0 Å². The van der Waals surface area contributed by atoms with Crippen LogP contribution in [0, 0.1) is 0 Å². The quantitative estimate of drug-likeness (QED) is 0.660. The third-order valence-corrected chi connectivity index (χ3v) is 3.36. The highest BCUT2D eigenvalue weighted by atomic mass is 16.1. The van der Waals surface area contributed by atoms with Crippen molar-refractivity contribution in [2.24, 2.45) is 0 Å². The van der Waals surface area contributed by atoms with Crippen molar-refractivity contribution < 1.29 is 4.79 Å². The Morgan fingerprint density at radius 1 is 1.26 bits per heavy atom. The fourth-order valence-electron chi connectivity index (χ4n) is 2.32. The van der Waals surface area contributed by atoms with E-state index in [1.807, 2.05) is 6.07 Å². The predicted octanol–water partition coefficient (Wildman–Crippen LogP) is 0.687. The van der Waals surface area contributed by atoms with Gasteiger partial charge in [-0.25, -0.2) is 0 Å². The molecule has 1 unspecified atom stereocenters. The predicted molar refractivity (Wildman–Crippen MR) is 77.1 cm³/mol. The lowest BCUT2D eigenvalue weighted by Crippen LogP contribution is -2.50. The summed E-state index contributed by atoms with van der Waals surface area (Å²) in [7, 11) is 0. The van der Waals surface area contributed by atoms with E-state index >= 15 is 0 Å². The molecule has 104 valence electrons. The Bertz CT molecular complexity index is 374. The SMILES string of the molecule is O=C(CC1CNCCN1)NCCCc1ccccc1. The smallest absolute Gasteiger partial charge is 0.221 e. The van der Waals surface area contributed by atoms with Gasteiger partial charge in [-0.15, -0.1) is 0 Å². The number of benzene rings is 1. The van der Waals surface area contributed by atoms with Crippen LogP contribution in [0.25, 0.3) is 0 Å². The molecule has 1 aliphatic heterocycles. The molecule has 0 radical (unpaired) electrons. The van der Waals surface area contributed by atoms with Crippen molar-refractivity contribution in [2.75, 3.05) is 26.2 Å². The summed E-state index contributed by atoms with van der Waals surface area (Å²) in [4.78, 5) is 11.7. The Morgan fingerprint density at radius 2 is 2.11 bits per heavy atom. The maximum Gasteiger partial charge on any atom is 0.221 e. The van der Waals surface area contributed by atoms with Gasteiger partial charge in [0.2, 0.25) is 5.91 Å². The van der Waals surface area contributed by atoms with Gasteiger partial charge in [-0.2, -0.15) is 0 Å². The first-order valence-corrected chi connectivity index (χ1v) is 7.09. The highest BCUT2D eigenvalue weighted by Crippen LogP contribution is 2.01. The molecule has 0 saturated carbocycles. The van der Waals surface area contributed by atoms with Crippen LogP contribution in [-0.2, 0) is 11.2 Å². The number of carbonyl (C=O) groups excluding carboxylic acids is 1. The Kier molecular flexibility index (Phi) is 5.85. The van der Waals surface area contributed by atoms with Crippen molar-refractivity contribution in [3.63, 3.8) is 0 Å². The minimum atomic E-state index is 0.147. The second-order valence-electron chi connectivity index (χ2n) is 5.00. The Labute approximate surface area is 115 Å². The van der Waals surface area contributed by atoms with Gasteiger partial charge in [0.1, 0.15) is 0 Å². The number of rotatable bonds is 6. The maximum absolute atomic E-state index is 11.7. The van der Waals surface area contributed by atoms with Gasteiger partial charge in [-0.05, 0) is 18.4 Å². The Morgan fingerprint density at radius 3 is 2.84 bits per heavy atom. The van der Waals surface area contributed by atoms with Gasteiger partial charge in [0.05, 0.1) is 0 Å². The van der Waals surface area contributed by atoms with E-state index in [9.17, 15) is 4.79 Å². The molecule has 3 N–H and O–H groups in total. The molecule has 4 nitrogen and oxygen atoms in total. The zero-order valence-corrected chi connectivity index (χ0v) is 11.3. The van der Waals surface area contributed by atoms with Crippen molar-refractivity contribution >= 4 is 5.91 Å². The van der Waals surface area contributed by atoms with E-state index < -0.39 is 0 Å². The zero-order chi connectivity index (χ0) is 13.3. The lowest BCUT2D eigenvalue weighted by Gasteiger charge is -2.23. The average Bonchev–Trinajstić information content (AvgIpc) is 2.46. The summed E-state index contributed by atoms with van der Waals surface area (Å²) in [6.45, 7) is 3.59. The fraction of sp³-hybridized carbons (Fsp3) is 0.533. The molecular weight excluding hydrogens is 238 g/mol. The van der Waals surface area contributed by atoms with Crippen molar-refractivity contribution in [1.82, 2.24) is 16.0 Å². The van der Waals surface area contributed by atoms with Crippen LogP contribution < -0.4 is 16.0 Å². The number of amides is 1. The lowest BCUT2D eigenvalue weighted by molar-refractivity contribution is -0.121. The van der Waals surface area contributed by atoms with Crippen LogP contribution >= 0.6 is 0 Å². The van der Waals surface area contributed by atoms with Crippen molar-refractivity contribution in [3.8, 4) is 0 Å². The van der Waals surface area contributed by atoms with E-state index in [-0.39, 0.29) is 11.9 Å². The zero-order valence-electron chi connectivity index (χ0n) is 11.3. The van der Waals surface area contributed by atoms with E-state index in [2.05, 4.69) is 40.2 Å². The maximum atomic E-state index is 11.7. The lowest BCUT2D eigenvalue weighted by atomic mass is 10.1. The summed E-state index contributed by atoms with van der Waals surface area (Å²) < 4.78 is 0. The normalized spacial score (nSPS) is 19.1.